The third-order valence-electron chi connectivity index (χ3n) is 3.88. The van der Waals surface area contributed by atoms with Crippen LogP contribution in [0.4, 0.5) is 4.79 Å². The van der Waals surface area contributed by atoms with E-state index in [9.17, 15) is 4.79 Å². The summed E-state index contributed by atoms with van der Waals surface area (Å²) in [5.74, 6) is 0.519. The van der Waals surface area contributed by atoms with Crippen molar-refractivity contribution in [1.29, 1.82) is 0 Å². The lowest BCUT2D eigenvalue weighted by atomic mass is 9.91. The van der Waals surface area contributed by atoms with Crippen molar-refractivity contribution in [2.75, 3.05) is 13.1 Å². The van der Waals surface area contributed by atoms with Gasteiger partial charge in [0.25, 0.3) is 0 Å². The van der Waals surface area contributed by atoms with Crippen LogP contribution in [0.3, 0.4) is 0 Å². The van der Waals surface area contributed by atoms with Crippen molar-refractivity contribution >= 4 is 17.9 Å². The van der Waals surface area contributed by atoms with E-state index < -0.39 is 0 Å². The van der Waals surface area contributed by atoms with Gasteiger partial charge in [-0.1, -0.05) is 30.3 Å². The highest BCUT2D eigenvalue weighted by Crippen LogP contribution is 2.21. The number of likely N-dealkylation sites (tertiary alicyclic amines) is 1. The van der Waals surface area contributed by atoms with Gasteiger partial charge in [-0.25, -0.2) is 9.63 Å². The lowest BCUT2D eigenvalue weighted by Crippen LogP contribution is -2.42. The molecule has 1 amide bonds. The van der Waals surface area contributed by atoms with E-state index >= 15 is 0 Å². The molecule has 0 aromatic heterocycles. The minimum absolute atomic E-state index is 0.223. The first kappa shape index (κ1) is 15.1. The molecule has 1 saturated heterocycles. The van der Waals surface area contributed by atoms with Gasteiger partial charge >= 0.3 is 6.09 Å². The molecule has 4 nitrogen and oxygen atoms in total. The van der Waals surface area contributed by atoms with Gasteiger partial charge in [0.2, 0.25) is 0 Å². The maximum atomic E-state index is 12.0. The molecule has 110 valence electrons. The predicted molar refractivity (Wildman–Crippen MR) is 79.4 cm³/mol. The highest BCUT2D eigenvalue weighted by molar-refractivity contribution is 6.13. The van der Waals surface area contributed by atoms with Crippen LogP contribution in [0.15, 0.2) is 30.3 Å². The number of ether oxygens (including phenoxy) is 1. The molecule has 1 aromatic rings. The van der Waals surface area contributed by atoms with E-state index in [4.69, 9.17) is 16.5 Å². The Balaban J connectivity index is 1.75. The van der Waals surface area contributed by atoms with Gasteiger partial charge in [-0.15, -0.1) is 0 Å². The van der Waals surface area contributed by atoms with E-state index in [1.54, 1.807) is 4.90 Å². The van der Waals surface area contributed by atoms with Gasteiger partial charge in [0.05, 0.1) is 0 Å². The standard InChI is InChI=1S/C15H21ClN2O2/c1-12(17-16)14-7-9-18(10-8-14)15(19)20-11-13-5-3-2-4-6-13/h2-6,12,14,17H,7-11H2,1H3. The van der Waals surface area contributed by atoms with Crippen LogP contribution < -0.4 is 4.84 Å². The van der Waals surface area contributed by atoms with Gasteiger partial charge < -0.3 is 9.64 Å². The Kier molecular flexibility index (Phi) is 5.68. The molecular weight excluding hydrogens is 276 g/mol. The van der Waals surface area contributed by atoms with Gasteiger partial charge in [0.1, 0.15) is 6.61 Å². The fourth-order valence-corrected chi connectivity index (χ4v) is 2.66. The summed E-state index contributed by atoms with van der Waals surface area (Å²) in [7, 11) is 0. The third kappa shape index (κ3) is 4.12. The van der Waals surface area contributed by atoms with Crippen LogP contribution in [0.1, 0.15) is 25.3 Å². The fourth-order valence-electron chi connectivity index (χ4n) is 2.48. The van der Waals surface area contributed by atoms with Crippen LogP contribution in [0, 0.1) is 5.92 Å². The highest BCUT2D eigenvalue weighted by Gasteiger charge is 2.26. The number of nitrogens with one attached hydrogen (secondary N) is 1. The van der Waals surface area contributed by atoms with Crippen molar-refractivity contribution in [3.05, 3.63) is 35.9 Å². The average Bonchev–Trinajstić information content (AvgIpc) is 2.53. The number of hydrogen-bond donors (Lipinski definition) is 1. The average molecular weight is 297 g/mol. The monoisotopic (exact) mass is 296 g/mol. The number of hydrogen-bond acceptors (Lipinski definition) is 3. The van der Waals surface area contributed by atoms with Crippen LogP contribution in [-0.4, -0.2) is 30.1 Å². The van der Waals surface area contributed by atoms with E-state index in [1.807, 2.05) is 30.3 Å². The van der Waals surface area contributed by atoms with Gasteiger partial charge in [-0.2, -0.15) is 0 Å². The predicted octanol–water partition coefficient (Wildman–Crippen LogP) is 3.17. The second-order valence-electron chi connectivity index (χ2n) is 5.26. The third-order valence-corrected chi connectivity index (χ3v) is 4.23. The molecule has 1 atom stereocenters. The molecule has 1 aromatic carbocycles. The van der Waals surface area contributed by atoms with Gasteiger partial charge in [-0.3, -0.25) is 0 Å². The van der Waals surface area contributed by atoms with E-state index in [2.05, 4.69) is 11.8 Å². The molecule has 1 heterocycles. The minimum Gasteiger partial charge on any atom is -0.445 e. The van der Waals surface area contributed by atoms with E-state index in [0.29, 0.717) is 12.5 Å². The summed E-state index contributed by atoms with van der Waals surface area (Å²) in [5.41, 5.74) is 1.01. The zero-order valence-corrected chi connectivity index (χ0v) is 12.5. The summed E-state index contributed by atoms with van der Waals surface area (Å²) < 4.78 is 5.33. The molecule has 1 fully saturated rings. The lowest BCUT2D eigenvalue weighted by molar-refractivity contribution is 0.0798. The maximum Gasteiger partial charge on any atom is 0.410 e. The van der Waals surface area contributed by atoms with Crippen molar-refractivity contribution in [3.63, 3.8) is 0 Å². The van der Waals surface area contributed by atoms with Crippen LogP contribution in [0.2, 0.25) is 0 Å². The summed E-state index contributed by atoms with van der Waals surface area (Å²) in [5, 5.41) is 0. The molecule has 1 unspecified atom stereocenters. The topological polar surface area (TPSA) is 41.6 Å². The van der Waals surface area contributed by atoms with Crippen molar-refractivity contribution < 1.29 is 9.53 Å². The number of nitrogens with zero attached hydrogens (tertiary/aromatic N) is 1. The molecule has 1 aliphatic rings. The summed E-state index contributed by atoms with van der Waals surface area (Å²) in [6.07, 6.45) is 1.70. The Morgan fingerprint density at radius 3 is 2.65 bits per heavy atom. The number of amides is 1. The summed E-state index contributed by atoms with van der Waals surface area (Å²) in [6, 6.07) is 10.0. The van der Waals surface area contributed by atoms with E-state index in [1.165, 1.54) is 0 Å². The smallest absolute Gasteiger partial charge is 0.410 e. The van der Waals surface area contributed by atoms with E-state index in [0.717, 1.165) is 31.5 Å². The van der Waals surface area contributed by atoms with Crippen LogP contribution in [0.25, 0.3) is 0 Å². The number of benzene rings is 1. The minimum atomic E-state index is -0.223. The Labute approximate surface area is 125 Å². The van der Waals surface area contributed by atoms with Crippen molar-refractivity contribution in [2.24, 2.45) is 5.92 Å². The van der Waals surface area contributed by atoms with Crippen molar-refractivity contribution in [3.8, 4) is 0 Å². The second kappa shape index (κ2) is 7.50. The van der Waals surface area contributed by atoms with E-state index in [-0.39, 0.29) is 12.1 Å². The largest absolute Gasteiger partial charge is 0.445 e. The summed E-state index contributed by atoms with van der Waals surface area (Å²) in [4.78, 5) is 16.5. The molecule has 0 aliphatic carbocycles. The van der Waals surface area contributed by atoms with Crippen LogP contribution in [0.5, 0.6) is 0 Å². The first-order valence-electron chi connectivity index (χ1n) is 7.02. The zero-order chi connectivity index (χ0) is 14.4. The first-order chi connectivity index (χ1) is 9.70. The quantitative estimate of drug-likeness (QED) is 0.868. The number of carbonyl (C=O) groups is 1. The number of piperidine rings is 1. The maximum absolute atomic E-state index is 12.0. The number of rotatable bonds is 4. The highest BCUT2D eigenvalue weighted by atomic mass is 35.5. The lowest BCUT2D eigenvalue weighted by Gasteiger charge is -2.33. The fraction of sp³-hybridized carbons (Fsp3) is 0.533. The Morgan fingerprint density at radius 2 is 2.05 bits per heavy atom. The SMILES string of the molecule is CC(NCl)C1CCN(C(=O)OCc2ccccc2)CC1. The molecule has 2 rings (SSSR count). The molecule has 1 aliphatic heterocycles. The van der Waals surface area contributed by atoms with Crippen LogP contribution in [-0.2, 0) is 11.3 Å². The zero-order valence-electron chi connectivity index (χ0n) is 11.7. The molecular formula is C15H21ClN2O2. The number of carbonyl (C=O) groups excluding carboxylic acids is 1. The molecule has 0 spiro atoms. The number of halogens is 1. The van der Waals surface area contributed by atoms with Gasteiger partial charge in [0, 0.05) is 19.1 Å². The Bertz CT molecular complexity index is 419. The Hall–Kier alpha value is -1.26. The molecule has 5 heteroatoms. The molecule has 0 radical (unpaired) electrons. The Morgan fingerprint density at radius 1 is 1.40 bits per heavy atom. The van der Waals surface area contributed by atoms with Crippen molar-refractivity contribution in [1.82, 2.24) is 9.74 Å². The van der Waals surface area contributed by atoms with Crippen LogP contribution >= 0.6 is 11.8 Å². The normalized spacial score (nSPS) is 17.8. The molecule has 20 heavy (non-hydrogen) atoms. The molecule has 0 bridgehead atoms. The summed E-state index contributed by atoms with van der Waals surface area (Å²) in [6.45, 7) is 3.88. The van der Waals surface area contributed by atoms with Gasteiger partial charge in [0.15, 0.2) is 0 Å². The first-order valence-corrected chi connectivity index (χ1v) is 7.40. The second-order valence-corrected chi connectivity index (χ2v) is 5.48. The molecule has 0 saturated carbocycles. The molecule has 1 N–H and O–H groups in total. The summed E-state index contributed by atoms with van der Waals surface area (Å²) >= 11 is 5.65. The van der Waals surface area contributed by atoms with Gasteiger partial charge in [-0.05, 0) is 43.0 Å². The van der Waals surface area contributed by atoms with Crippen molar-refractivity contribution in [2.45, 2.75) is 32.4 Å².